The Kier molecular flexibility index (Phi) is 5.22. The highest BCUT2D eigenvalue weighted by Gasteiger charge is 2.06. The molecule has 1 aliphatic rings. The van der Waals surface area contributed by atoms with Gasteiger partial charge in [0.25, 0.3) is 0 Å². The van der Waals surface area contributed by atoms with E-state index in [2.05, 4.69) is 12.2 Å². The molecule has 0 aromatic carbocycles. The van der Waals surface area contributed by atoms with E-state index in [9.17, 15) is 4.79 Å². The van der Waals surface area contributed by atoms with Gasteiger partial charge in [0.2, 0.25) is 0 Å². The zero-order valence-electron chi connectivity index (χ0n) is 7.11. The lowest BCUT2D eigenvalue weighted by molar-refractivity contribution is -0.114. The molecule has 0 bridgehead atoms. The number of hydrogen-bond donors (Lipinski definition) is 1. The topological polar surface area (TPSA) is 29.1 Å². The van der Waals surface area contributed by atoms with Crippen LogP contribution in [0.5, 0.6) is 0 Å². The summed E-state index contributed by atoms with van der Waals surface area (Å²) in [5.74, 6) is 1.10. The minimum absolute atomic E-state index is 0.167. The van der Waals surface area contributed by atoms with E-state index in [1.165, 1.54) is 33.4 Å². The molecule has 1 unspecified atom stereocenters. The third-order valence-corrected chi connectivity index (χ3v) is 1.31. The van der Waals surface area contributed by atoms with Gasteiger partial charge in [-0.3, -0.25) is 0 Å². The number of carbonyl (C=O) groups excluding carboxylic acids is 1. The number of nitrogens with one attached hydrogen (secondary N) is 1. The molecule has 1 N–H and O–H groups in total. The summed E-state index contributed by atoms with van der Waals surface area (Å²) in [7, 11) is 0. The fourth-order valence-corrected chi connectivity index (χ4v) is 0.799. The Labute approximate surface area is 63.0 Å². The van der Waals surface area contributed by atoms with Crippen molar-refractivity contribution in [2.24, 2.45) is 5.92 Å². The number of hydrogen-bond acceptors (Lipinski definition) is 2. The maximum absolute atomic E-state index is 9.44. The summed E-state index contributed by atoms with van der Waals surface area (Å²) in [5, 5.41) is 3.27. The van der Waals surface area contributed by atoms with Crippen LogP contribution in [0.25, 0.3) is 0 Å². The summed E-state index contributed by atoms with van der Waals surface area (Å²) in [6.45, 7) is 7.81. The minimum atomic E-state index is 0.167. The summed E-state index contributed by atoms with van der Waals surface area (Å²) in [4.78, 5) is 9.44. The predicted octanol–water partition coefficient (Wildman–Crippen LogP) is 1.21. The Bertz CT molecular complexity index is 91.4. The Morgan fingerprint density at radius 1 is 1.50 bits per heavy atom. The Morgan fingerprint density at radius 3 is 2.10 bits per heavy atom. The van der Waals surface area contributed by atoms with E-state index in [1.807, 2.05) is 0 Å². The second-order valence-electron chi connectivity index (χ2n) is 3.01. The lowest BCUT2D eigenvalue weighted by Gasteiger charge is -1.90. The summed E-state index contributed by atoms with van der Waals surface area (Å²) in [6, 6.07) is 0. The highest BCUT2D eigenvalue weighted by Crippen LogP contribution is 2.03. The number of carbonyl (C=O) groups is 1. The molecule has 1 saturated heterocycles. The third-order valence-electron chi connectivity index (χ3n) is 1.31. The predicted molar refractivity (Wildman–Crippen MR) is 43.0 cm³/mol. The highest BCUT2D eigenvalue weighted by atomic mass is 16.1. The first-order valence-electron chi connectivity index (χ1n) is 3.81. The van der Waals surface area contributed by atoms with Crippen LogP contribution in [0.2, 0.25) is 0 Å². The largest absolute Gasteiger partial charge is 0.316 e. The van der Waals surface area contributed by atoms with E-state index in [1.54, 1.807) is 0 Å². The van der Waals surface area contributed by atoms with Crippen LogP contribution in [-0.2, 0) is 4.79 Å². The molecule has 0 saturated carbocycles. The van der Waals surface area contributed by atoms with E-state index < -0.39 is 0 Å². The number of rotatable bonds is 0. The molecule has 0 aromatic heterocycles. The average molecular weight is 143 g/mol. The highest BCUT2D eigenvalue weighted by molar-refractivity contribution is 5.72. The van der Waals surface area contributed by atoms with Crippen molar-refractivity contribution in [3.8, 4) is 0 Å². The average Bonchev–Trinajstić information content (AvgIpc) is 2.15. The van der Waals surface area contributed by atoms with Gasteiger partial charge in [0.1, 0.15) is 5.78 Å². The van der Waals surface area contributed by atoms with Gasteiger partial charge in [-0.25, -0.2) is 0 Å². The van der Waals surface area contributed by atoms with Crippen molar-refractivity contribution in [3.05, 3.63) is 0 Å². The Morgan fingerprint density at radius 2 is 2.00 bits per heavy atom. The zero-order valence-corrected chi connectivity index (χ0v) is 7.11. The second kappa shape index (κ2) is 5.42. The third kappa shape index (κ3) is 7.63. The first-order valence-corrected chi connectivity index (χ1v) is 3.81. The normalized spacial score (nSPS) is 23.3. The van der Waals surface area contributed by atoms with Crippen LogP contribution in [0.4, 0.5) is 0 Å². The molecule has 0 radical (unpaired) electrons. The van der Waals surface area contributed by atoms with Crippen molar-refractivity contribution in [1.82, 2.24) is 5.32 Å². The van der Waals surface area contributed by atoms with Crippen LogP contribution in [0.3, 0.4) is 0 Å². The molecule has 0 aliphatic carbocycles. The summed E-state index contributed by atoms with van der Waals surface area (Å²) in [6.07, 6.45) is 1.38. The van der Waals surface area contributed by atoms with E-state index in [0.29, 0.717) is 0 Å². The van der Waals surface area contributed by atoms with Gasteiger partial charge < -0.3 is 10.1 Å². The molecule has 0 aromatic rings. The van der Waals surface area contributed by atoms with Crippen molar-refractivity contribution < 1.29 is 4.79 Å². The van der Waals surface area contributed by atoms with E-state index in [4.69, 9.17) is 0 Å². The SMILES string of the molecule is CC(C)=O.CC1CCNC1. The molecule has 10 heavy (non-hydrogen) atoms. The van der Waals surface area contributed by atoms with Crippen LogP contribution in [0.1, 0.15) is 27.2 Å². The van der Waals surface area contributed by atoms with Crippen molar-refractivity contribution in [2.45, 2.75) is 27.2 Å². The monoisotopic (exact) mass is 143 g/mol. The van der Waals surface area contributed by atoms with Crippen LogP contribution in [0, 0.1) is 5.92 Å². The summed E-state index contributed by atoms with van der Waals surface area (Å²) < 4.78 is 0. The van der Waals surface area contributed by atoms with Crippen LogP contribution < -0.4 is 5.32 Å². The summed E-state index contributed by atoms with van der Waals surface area (Å²) >= 11 is 0. The van der Waals surface area contributed by atoms with Crippen molar-refractivity contribution in [3.63, 3.8) is 0 Å². The maximum Gasteiger partial charge on any atom is 0.126 e. The molecule has 0 spiro atoms. The van der Waals surface area contributed by atoms with E-state index >= 15 is 0 Å². The second-order valence-corrected chi connectivity index (χ2v) is 3.01. The lowest BCUT2D eigenvalue weighted by atomic mass is 10.2. The molecule has 1 heterocycles. The quantitative estimate of drug-likeness (QED) is 0.552. The van der Waals surface area contributed by atoms with Gasteiger partial charge in [-0.15, -0.1) is 0 Å². The Balaban J connectivity index is 0.000000180. The molecule has 2 nitrogen and oxygen atoms in total. The first-order chi connectivity index (χ1) is 4.63. The van der Waals surface area contributed by atoms with Crippen molar-refractivity contribution >= 4 is 5.78 Å². The van der Waals surface area contributed by atoms with Gasteiger partial charge in [0.15, 0.2) is 0 Å². The molecule has 2 heteroatoms. The van der Waals surface area contributed by atoms with Gasteiger partial charge in [-0.1, -0.05) is 6.92 Å². The fourth-order valence-electron chi connectivity index (χ4n) is 0.799. The smallest absolute Gasteiger partial charge is 0.126 e. The molecule has 1 rings (SSSR count). The molecule has 60 valence electrons. The first kappa shape index (κ1) is 9.63. The van der Waals surface area contributed by atoms with Gasteiger partial charge in [0, 0.05) is 0 Å². The van der Waals surface area contributed by atoms with Gasteiger partial charge in [-0.2, -0.15) is 0 Å². The number of Topliss-reactive ketones (excluding diaryl/α,β-unsaturated/α-hetero) is 1. The molecular formula is C8H17NO. The number of ketones is 1. The maximum atomic E-state index is 9.44. The van der Waals surface area contributed by atoms with Gasteiger partial charge in [0.05, 0.1) is 0 Å². The van der Waals surface area contributed by atoms with Gasteiger partial charge in [-0.05, 0) is 39.3 Å². The van der Waals surface area contributed by atoms with Crippen LogP contribution in [0.15, 0.2) is 0 Å². The molecular weight excluding hydrogens is 126 g/mol. The van der Waals surface area contributed by atoms with Gasteiger partial charge >= 0.3 is 0 Å². The molecule has 0 amide bonds. The molecule has 1 fully saturated rings. The fraction of sp³-hybridized carbons (Fsp3) is 0.875. The van der Waals surface area contributed by atoms with Crippen molar-refractivity contribution in [2.75, 3.05) is 13.1 Å². The van der Waals surface area contributed by atoms with Crippen LogP contribution >= 0.6 is 0 Å². The van der Waals surface area contributed by atoms with E-state index in [0.717, 1.165) is 5.92 Å². The standard InChI is InChI=1S/C5H11N.C3H6O/c1-5-2-3-6-4-5;1-3(2)4/h5-6H,2-4H2,1H3;1-2H3. The van der Waals surface area contributed by atoms with Crippen molar-refractivity contribution in [1.29, 1.82) is 0 Å². The summed E-state index contributed by atoms with van der Waals surface area (Å²) in [5.41, 5.74) is 0. The minimum Gasteiger partial charge on any atom is -0.316 e. The zero-order chi connectivity index (χ0) is 7.98. The lowest BCUT2D eigenvalue weighted by Crippen LogP contribution is -2.06. The van der Waals surface area contributed by atoms with Crippen LogP contribution in [-0.4, -0.2) is 18.9 Å². The molecule has 1 aliphatic heterocycles. The molecule has 1 atom stereocenters. The Hall–Kier alpha value is -0.370. The van der Waals surface area contributed by atoms with E-state index in [-0.39, 0.29) is 5.78 Å².